The quantitative estimate of drug-likeness (QED) is 0.185. The summed E-state index contributed by atoms with van der Waals surface area (Å²) in [5.41, 5.74) is 11.2. The maximum Gasteiger partial charge on any atom is 0.161 e. The number of fused-ring (bicyclic) bond motifs is 6. The van der Waals surface area contributed by atoms with Gasteiger partial charge in [-0.1, -0.05) is 140 Å². The topological polar surface area (TPSA) is 38.9 Å². The molecule has 10 rings (SSSR count). The SMILES string of the molecule is c1ccc(-c2ccc(-c3cc(-c4ccccc4)nc(-c4cccc5oc6cc(-c7cccc8c7sc7ccccc78)ccc6c45)n3)cc2)cc1. The van der Waals surface area contributed by atoms with Gasteiger partial charge in [0.25, 0.3) is 0 Å². The lowest BCUT2D eigenvalue weighted by molar-refractivity contribution is 0.669. The highest BCUT2D eigenvalue weighted by Gasteiger charge is 2.18. The second-order valence-electron chi connectivity index (χ2n) is 12.5. The molecule has 234 valence electrons. The molecule has 0 aliphatic rings. The van der Waals surface area contributed by atoms with Gasteiger partial charge < -0.3 is 4.42 Å². The first kappa shape index (κ1) is 28.6. The lowest BCUT2D eigenvalue weighted by atomic mass is 9.99. The highest BCUT2D eigenvalue weighted by Crippen LogP contribution is 2.42. The third-order valence-corrected chi connectivity index (χ3v) is 10.8. The summed E-state index contributed by atoms with van der Waals surface area (Å²) in [5, 5.41) is 4.65. The maximum atomic E-state index is 6.58. The van der Waals surface area contributed by atoms with Crippen LogP contribution in [0.4, 0.5) is 0 Å². The first-order valence-corrected chi connectivity index (χ1v) is 17.6. The zero-order valence-corrected chi connectivity index (χ0v) is 27.7. The minimum absolute atomic E-state index is 0.668. The molecule has 0 aliphatic heterocycles. The smallest absolute Gasteiger partial charge is 0.161 e. The Balaban J connectivity index is 1.12. The predicted molar refractivity (Wildman–Crippen MR) is 209 cm³/mol. The van der Waals surface area contributed by atoms with Crippen LogP contribution in [0.5, 0.6) is 0 Å². The second-order valence-corrected chi connectivity index (χ2v) is 13.6. The molecule has 50 heavy (non-hydrogen) atoms. The number of furan rings is 1. The largest absolute Gasteiger partial charge is 0.456 e. The maximum absolute atomic E-state index is 6.58. The fourth-order valence-electron chi connectivity index (χ4n) is 7.09. The molecule has 0 N–H and O–H groups in total. The number of hydrogen-bond acceptors (Lipinski definition) is 4. The Hall–Kier alpha value is -6.36. The third-order valence-electron chi connectivity index (χ3n) is 9.54. The van der Waals surface area contributed by atoms with Crippen molar-refractivity contribution in [3.8, 4) is 56.2 Å². The summed E-state index contributed by atoms with van der Waals surface area (Å²) in [7, 11) is 0. The van der Waals surface area contributed by atoms with E-state index in [0.717, 1.165) is 55.6 Å². The Kier molecular flexibility index (Phi) is 6.68. The highest BCUT2D eigenvalue weighted by molar-refractivity contribution is 7.26. The monoisotopic (exact) mass is 656 g/mol. The molecule has 0 unspecified atom stereocenters. The lowest BCUT2D eigenvalue weighted by Crippen LogP contribution is -1.96. The van der Waals surface area contributed by atoms with Gasteiger partial charge in [-0.3, -0.25) is 0 Å². The van der Waals surface area contributed by atoms with Crippen LogP contribution >= 0.6 is 11.3 Å². The first-order valence-electron chi connectivity index (χ1n) is 16.7. The van der Waals surface area contributed by atoms with Crippen LogP contribution < -0.4 is 0 Å². The van der Waals surface area contributed by atoms with E-state index in [0.29, 0.717) is 5.82 Å². The molecule has 0 atom stereocenters. The molecule has 0 saturated carbocycles. The predicted octanol–water partition coefficient (Wildman–Crippen LogP) is 13.1. The summed E-state index contributed by atoms with van der Waals surface area (Å²) < 4.78 is 9.17. The van der Waals surface area contributed by atoms with E-state index in [1.165, 1.54) is 36.9 Å². The molecule has 0 fully saturated rings. The molecule has 4 heteroatoms. The molecule has 3 aromatic heterocycles. The van der Waals surface area contributed by atoms with Gasteiger partial charge in [0, 0.05) is 47.6 Å². The molecular formula is C46H28N2OS. The molecule has 0 bridgehead atoms. The van der Waals surface area contributed by atoms with Gasteiger partial charge in [-0.25, -0.2) is 9.97 Å². The molecule has 7 aromatic carbocycles. The van der Waals surface area contributed by atoms with Gasteiger partial charge >= 0.3 is 0 Å². The Bertz CT molecular complexity index is 2850. The molecule has 10 aromatic rings. The Morgan fingerprint density at radius 3 is 1.80 bits per heavy atom. The van der Waals surface area contributed by atoms with Crippen LogP contribution in [-0.4, -0.2) is 9.97 Å². The normalized spacial score (nSPS) is 11.6. The van der Waals surface area contributed by atoms with Gasteiger partial charge in [0.15, 0.2) is 5.82 Å². The number of hydrogen-bond donors (Lipinski definition) is 0. The van der Waals surface area contributed by atoms with Crippen molar-refractivity contribution in [1.29, 1.82) is 0 Å². The fourth-order valence-corrected chi connectivity index (χ4v) is 8.33. The van der Waals surface area contributed by atoms with Crippen molar-refractivity contribution >= 4 is 53.4 Å². The van der Waals surface area contributed by atoms with E-state index in [1.54, 1.807) is 0 Å². The van der Waals surface area contributed by atoms with Gasteiger partial charge in [-0.2, -0.15) is 0 Å². The number of aromatic nitrogens is 2. The average molecular weight is 657 g/mol. The molecule has 0 aliphatic carbocycles. The first-order chi connectivity index (χ1) is 24.8. The summed E-state index contributed by atoms with van der Waals surface area (Å²) in [6, 6.07) is 59.5. The van der Waals surface area contributed by atoms with Crippen molar-refractivity contribution < 1.29 is 4.42 Å². The summed E-state index contributed by atoms with van der Waals surface area (Å²) in [5.74, 6) is 0.668. The van der Waals surface area contributed by atoms with Gasteiger partial charge in [0.2, 0.25) is 0 Å². The van der Waals surface area contributed by atoms with Crippen LogP contribution in [0, 0.1) is 0 Å². The van der Waals surface area contributed by atoms with Crippen molar-refractivity contribution in [3.63, 3.8) is 0 Å². The summed E-state index contributed by atoms with van der Waals surface area (Å²) in [6.45, 7) is 0. The van der Waals surface area contributed by atoms with Gasteiger partial charge in [0.05, 0.1) is 11.4 Å². The molecule has 3 nitrogen and oxygen atoms in total. The van der Waals surface area contributed by atoms with E-state index in [1.807, 2.05) is 47.7 Å². The molecule has 0 saturated heterocycles. The van der Waals surface area contributed by atoms with E-state index < -0.39 is 0 Å². The minimum atomic E-state index is 0.668. The number of thiophene rings is 1. The average Bonchev–Trinajstić information content (AvgIpc) is 3.77. The van der Waals surface area contributed by atoms with Crippen molar-refractivity contribution in [3.05, 3.63) is 170 Å². The molecule has 0 amide bonds. The second kappa shape index (κ2) is 11.7. The van der Waals surface area contributed by atoms with Crippen LogP contribution in [0.25, 0.3) is 98.3 Å². The van der Waals surface area contributed by atoms with E-state index in [9.17, 15) is 0 Å². The van der Waals surface area contributed by atoms with Crippen LogP contribution in [0.3, 0.4) is 0 Å². The molecule has 3 heterocycles. The Morgan fingerprint density at radius 2 is 1.00 bits per heavy atom. The summed E-state index contributed by atoms with van der Waals surface area (Å²) >= 11 is 1.84. The van der Waals surface area contributed by atoms with E-state index in [2.05, 4.69) is 133 Å². The van der Waals surface area contributed by atoms with Crippen LogP contribution in [0.15, 0.2) is 174 Å². The molecule has 0 radical (unpaired) electrons. The Labute approximate surface area is 292 Å². The number of benzene rings is 7. The summed E-state index contributed by atoms with van der Waals surface area (Å²) in [6.07, 6.45) is 0. The molecule has 0 spiro atoms. The zero-order chi connectivity index (χ0) is 33.0. The third kappa shape index (κ3) is 4.80. The zero-order valence-electron chi connectivity index (χ0n) is 26.9. The Morgan fingerprint density at radius 1 is 0.400 bits per heavy atom. The minimum Gasteiger partial charge on any atom is -0.456 e. The van der Waals surface area contributed by atoms with Crippen molar-refractivity contribution in [1.82, 2.24) is 9.97 Å². The number of nitrogens with zero attached hydrogens (tertiary/aromatic N) is 2. The van der Waals surface area contributed by atoms with Crippen LogP contribution in [0.1, 0.15) is 0 Å². The van der Waals surface area contributed by atoms with Gasteiger partial charge in [0.1, 0.15) is 11.2 Å². The van der Waals surface area contributed by atoms with Crippen molar-refractivity contribution in [2.75, 3.05) is 0 Å². The highest BCUT2D eigenvalue weighted by atomic mass is 32.1. The van der Waals surface area contributed by atoms with Crippen molar-refractivity contribution in [2.45, 2.75) is 0 Å². The van der Waals surface area contributed by atoms with Gasteiger partial charge in [-0.15, -0.1) is 11.3 Å². The van der Waals surface area contributed by atoms with Crippen molar-refractivity contribution in [2.24, 2.45) is 0 Å². The molecular weight excluding hydrogens is 629 g/mol. The van der Waals surface area contributed by atoms with Crippen LogP contribution in [-0.2, 0) is 0 Å². The lowest BCUT2D eigenvalue weighted by Gasteiger charge is -2.11. The standard InChI is InChI=1S/C46H28N2OS/c1-3-11-29(12-4-1)30-21-23-32(24-22-30)40-28-39(31-13-5-2-6-14-31)47-46(48-40)38-18-10-19-41-44(38)37-26-25-33(27-42(37)49-41)34-16-9-17-36-35-15-7-8-20-43(35)50-45(34)36/h1-28H. The van der Waals surface area contributed by atoms with E-state index >= 15 is 0 Å². The van der Waals surface area contributed by atoms with Gasteiger partial charge in [-0.05, 0) is 52.6 Å². The van der Waals surface area contributed by atoms with Crippen LogP contribution in [0.2, 0.25) is 0 Å². The fraction of sp³-hybridized carbons (Fsp3) is 0. The summed E-state index contributed by atoms with van der Waals surface area (Å²) in [4.78, 5) is 10.4. The number of rotatable bonds is 5. The van der Waals surface area contributed by atoms with E-state index in [-0.39, 0.29) is 0 Å². The van der Waals surface area contributed by atoms with E-state index in [4.69, 9.17) is 14.4 Å².